The number of ether oxygens (including phenoxy) is 1. The Labute approximate surface area is 130 Å². The van der Waals surface area contributed by atoms with Gasteiger partial charge in [-0.25, -0.2) is 0 Å². The SMILES string of the molecule is CCc1ccccc1OCC(=O)N1CC(C)CC(C(=O)O)C1. The van der Waals surface area contributed by atoms with Gasteiger partial charge in [0.1, 0.15) is 5.75 Å². The van der Waals surface area contributed by atoms with Gasteiger partial charge in [-0.1, -0.05) is 32.0 Å². The number of carbonyl (C=O) groups is 2. The average molecular weight is 305 g/mol. The number of hydrogen-bond acceptors (Lipinski definition) is 3. The van der Waals surface area contributed by atoms with Crippen molar-refractivity contribution in [2.24, 2.45) is 11.8 Å². The summed E-state index contributed by atoms with van der Waals surface area (Å²) in [5, 5.41) is 9.16. The Balaban J connectivity index is 1.95. The molecule has 2 rings (SSSR count). The Morgan fingerprint density at radius 3 is 2.73 bits per heavy atom. The van der Waals surface area contributed by atoms with E-state index in [1.807, 2.05) is 38.1 Å². The van der Waals surface area contributed by atoms with E-state index in [1.165, 1.54) is 0 Å². The van der Waals surface area contributed by atoms with Crippen LogP contribution in [0.1, 0.15) is 25.8 Å². The van der Waals surface area contributed by atoms with E-state index < -0.39 is 11.9 Å². The van der Waals surface area contributed by atoms with Gasteiger partial charge in [-0.05, 0) is 30.4 Å². The van der Waals surface area contributed by atoms with Gasteiger partial charge in [0.2, 0.25) is 0 Å². The minimum atomic E-state index is -0.832. The second-order valence-electron chi connectivity index (χ2n) is 5.92. The molecular weight excluding hydrogens is 282 g/mol. The van der Waals surface area contributed by atoms with Crippen LogP contribution in [0.25, 0.3) is 0 Å². The second kappa shape index (κ2) is 7.29. The zero-order valence-corrected chi connectivity index (χ0v) is 13.1. The maximum Gasteiger partial charge on any atom is 0.308 e. The third kappa shape index (κ3) is 4.00. The van der Waals surface area contributed by atoms with Gasteiger partial charge in [-0.3, -0.25) is 9.59 Å². The van der Waals surface area contributed by atoms with Crippen LogP contribution in [-0.4, -0.2) is 41.6 Å². The molecule has 1 N–H and O–H groups in total. The predicted molar refractivity (Wildman–Crippen MR) is 82.8 cm³/mol. The number of carbonyl (C=O) groups excluding carboxylic acids is 1. The van der Waals surface area contributed by atoms with Crippen molar-refractivity contribution in [2.75, 3.05) is 19.7 Å². The summed E-state index contributed by atoms with van der Waals surface area (Å²) in [6.45, 7) is 4.84. The molecule has 1 aromatic carbocycles. The van der Waals surface area contributed by atoms with E-state index in [1.54, 1.807) is 4.90 Å². The fourth-order valence-corrected chi connectivity index (χ4v) is 2.90. The first-order valence-corrected chi connectivity index (χ1v) is 7.72. The molecule has 1 fully saturated rings. The van der Waals surface area contributed by atoms with E-state index in [0.717, 1.165) is 17.7 Å². The topological polar surface area (TPSA) is 66.8 Å². The van der Waals surface area contributed by atoms with Crippen molar-refractivity contribution in [3.63, 3.8) is 0 Å². The maximum atomic E-state index is 12.3. The number of benzene rings is 1. The highest BCUT2D eigenvalue weighted by Crippen LogP contribution is 2.23. The number of aryl methyl sites for hydroxylation is 1. The van der Waals surface area contributed by atoms with Crippen LogP contribution in [0.15, 0.2) is 24.3 Å². The number of carboxylic acids is 1. The Bertz CT molecular complexity index is 543. The summed E-state index contributed by atoms with van der Waals surface area (Å²) >= 11 is 0. The van der Waals surface area contributed by atoms with Crippen molar-refractivity contribution in [3.05, 3.63) is 29.8 Å². The van der Waals surface area contributed by atoms with Gasteiger partial charge in [0.25, 0.3) is 5.91 Å². The molecule has 2 atom stereocenters. The normalized spacial score (nSPS) is 21.5. The molecule has 1 aliphatic heterocycles. The van der Waals surface area contributed by atoms with Crippen molar-refractivity contribution >= 4 is 11.9 Å². The van der Waals surface area contributed by atoms with E-state index in [2.05, 4.69) is 0 Å². The zero-order chi connectivity index (χ0) is 16.1. The summed E-state index contributed by atoms with van der Waals surface area (Å²) in [5.41, 5.74) is 1.06. The Hall–Kier alpha value is -2.04. The summed E-state index contributed by atoms with van der Waals surface area (Å²) < 4.78 is 5.64. The van der Waals surface area contributed by atoms with Crippen LogP contribution in [-0.2, 0) is 16.0 Å². The largest absolute Gasteiger partial charge is 0.483 e. The van der Waals surface area contributed by atoms with Gasteiger partial charge in [-0.15, -0.1) is 0 Å². The highest BCUT2D eigenvalue weighted by molar-refractivity contribution is 5.79. The van der Waals surface area contributed by atoms with Gasteiger partial charge in [0.15, 0.2) is 6.61 Å². The Morgan fingerprint density at radius 2 is 2.05 bits per heavy atom. The lowest BCUT2D eigenvalue weighted by Gasteiger charge is -2.34. The number of amides is 1. The van der Waals surface area contributed by atoms with Gasteiger partial charge < -0.3 is 14.7 Å². The third-order valence-electron chi connectivity index (χ3n) is 4.07. The number of likely N-dealkylation sites (tertiary alicyclic amines) is 1. The molecule has 2 unspecified atom stereocenters. The molecule has 0 saturated carbocycles. The monoisotopic (exact) mass is 305 g/mol. The molecule has 5 heteroatoms. The van der Waals surface area contributed by atoms with E-state index >= 15 is 0 Å². The van der Waals surface area contributed by atoms with Gasteiger partial charge >= 0.3 is 5.97 Å². The first kappa shape index (κ1) is 16.3. The second-order valence-corrected chi connectivity index (χ2v) is 5.92. The van der Waals surface area contributed by atoms with Crippen molar-refractivity contribution in [1.29, 1.82) is 0 Å². The minimum Gasteiger partial charge on any atom is -0.483 e. The minimum absolute atomic E-state index is 0.0456. The fraction of sp³-hybridized carbons (Fsp3) is 0.529. The molecule has 0 radical (unpaired) electrons. The number of rotatable bonds is 5. The quantitative estimate of drug-likeness (QED) is 0.905. The van der Waals surface area contributed by atoms with E-state index in [-0.39, 0.29) is 25.0 Å². The van der Waals surface area contributed by atoms with Crippen LogP contribution in [0.3, 0.4) is 0 Å². The van der Waals surface area contributed by atoms with Crippen molar-refractivity contribution in [2.45, 2.75) is 26.7 Å². The lowest BCUT2D eigenvalue weighted by Crippen LogP contribution is -2.47. The predicted octanol–water partition coefficient (Wildman–Crippen LogP) is 2.20. The number of carboxylic acid groups (broad SMARTS) is 1. The molecule has 1 saturated heterocycles. The van der Waals surface area contributed by atoms with Crippen molar-refractivity contribution in [3.8, 4) is 5.75 Å². The molecule has 0 bridgehead atoms. The molecule has 120 valence electrons. The number of hydrogen-bond donors (Lipinski definition) is 1. The highest BCUT2D eigenvalue weighted by atomic mass is 16.5. The molecule has 1 heterocycles. The van der Waals surface area contributed by atoms with E-state index in [4.69, 9.17) is 9.84 Å². The van der Waals surface area contributed by atoms with Gasteiger partial charge in [-0.2, -0.15) is 0 Å². The van der Waals surface area contributed by atoms with Crippen LogP contribution in [0.5, 0.6) is 5.75 Å². The number of aliphatic carboxylic acids is 1. The number of piperidine rings is 1. The van der Waals surface area contributed by atoms with Gasteiger partial charge in [0.05, 0.1) is 5.92 Å². The lowest BCUT2D eigenvalue weighted by atomic mass is 9.90. The zero-order valence-electron chi connectivity index (χ0n) is 13.1. The molecule has 0 spiro atoms. The molecule has 0 aromatic heterocycles. The van der Waals surface area contributed by atoms with Crippen LogP contribution in [0.4, 0.5) is 0 Å². The molecule has 0 aliphatic carbocycles. The fourth-order valence-electron chi connectivity index (χ4n) is 2.90. The number of nitrogens with zero attached hydrogens (tertiary/aromatic N) is 1. The molecule has 5 nitrogen and oxygen atoms in total. The lowest BCUT2D eigenvalue weighted by molar-refractivity contribution is -0.147. The first-order valence-electron chi connectivity index (χ1n) is 7.72. The summed E-state index contributed by atoms with van der Waals surface area (Å²) in [6.07, 6.45) is 1.46. The van der Waals surface area contributed by atoms with Crippen LogP contribution in [0.2, 0.25) is 0 Å². The van der Waals surface area contributed by atoms with Crippen molar-refractivity contribution < 1.29 is 19.4 Å². The summed E-state index contributed by atoms with van der Waals surface area (Å²) in [6, 6.07) is 7.65. The highest BCUT2D eigenvalue weighted by Gasteiger charge is 2.31. The summed E-state index contributed by atoms with van der Waals surface area (Å²) in [4.78, 5) is 25.1. The number of para-hydroxylation sites is 1. The first-order chi connectivity index (χ1) is 10.5. The molecular formula is C17H23NO4. The van der Waals surface area contributed by atoms with Crippen LogP contribution in [0, 0.1) is 11.8 Å². The average Bonchev–Trinajstić information content (AvgIpc) is 2.52. The molecule has 22 heavy (non-hydrogen) atoms. The summed E-state index contributed by atoms with van der Waals surface area (Å²) in [5.74, 6) is -0.541. The third-order valence-corrected chi connectivity index (χ3v) is 4.07. The standard InChI is InChI=1S/C17H23NO4/c1-3-13-6-4-5-7-15(13)22-11-16(19)18-9-12(2)8-14(10-18)17(20)21/h4-7,12,14H,3,8-11H2,1-2H3,(H,20,21). The Morgan fingerprint density at radius 1 is 1.32 bits per heavy atom. The molecule has 1 amide bonds. The summed E-state index contributed by atoms with van der Waals surface area (Å²) in [7, 11) is 0. The Kier molecular flexibility index (Phi) is 5.41. The molecule has 1 aliphatic rings. The smallest absolute Gasteiger partial charge is 0.308 e. The van der Waals surface area contributed by atoms with E-state index in [0.29, 0.717) is 13.0 Å². The maximum absolute atomic E-state index is 12.3. The van der Waals surface area contributed by atoms with Crippen molar-refractivity contribution in [1.82, 2.24) is 4.90 Å². The van der Waals surface area contributed by atoms with Gasteiger partial charge in [0, 0.05) is 13.1 Å². The van der Waals surface area contributed by atoms with Crippen LogP contribution >= 0.6 is 0 Å². The van der Waals surface area contributed by atoms with Crippen LogP contribution < -0.4 is 4.74 Å². The molecule has 1 aromatic rings. The van der Waals surface area contributed by atoms with E-state index in [9.17, 15) is 9.59 Å².